The number of fused-ring (bicyclic) bond motifs is 3. The topological polar surface area (TPSA) is 91.4 Å². The van der Waals surface area contributed by atoms with Crippen LogP contribution in [0.5, 0.6) is 23.0 Å². The molecule has 1 fully saturated rings. The first kappa shape index (κ1) is 28.8. The van der Waals surface area contributed by atoms with Crippen molar-refractivity contribution in [2.45, 2.75) is 52.2 Å². The van der Waals surface area contributed by atoms with Gasteiger partial charge in [-0.3, -0.25) is 4.79 Å². The van der Waals surface area contributed by atoms with Crippen LogP contribution in [0, 0.1) is 5.41 Å². The van der Waals surface area contributed by atoms with Gasteiger partial charge in [-0.1, -0.05) is 13.8 Å². The summed E-state index contributed by atoms with van der Waals surface area (Å²) in [4.78, 5) is 19.2. The van der Waals surface area contributed by atoms with Gasteiger partial charge in [0.05, 0.1) is 33.5 Å². The van der Waals surface area contributed by atoms with Gasteiger partial charge in [-0.2, -0.15) is 0 Å². The molecule has 9 nitrogen and oxygen atoms in total. The third-order valence-electron chi connectivity index (χ3n) is 8.23. The van der Waals surface area contributed by atoms with Gasteiger partial charge in [-0.25, -0.2) is 4.98 Å². The summed E-state index contributed by atoms with van der Waals surface area (Å²) in [6.07, 6.45) is 3.78. The van der Waals surface area contributed by atoms with Crippen molar-refractivity contribution >= 4 is 23.2 Å². The van der Waals surface area contributed by atoms with Crippen LogP contribution in [0.4, 0.5) is 5.82 Å². The molecular formula is C32H41N3O6. The summed E-state index contributed by atoms with van der Waals surface area (Å²) in [5.74, 6) is 3.50. The number of aromatic nitrogens is 1. The maximum absolute atomic E-state index is 11.6. The predicted octanol–water partition coefficient (Wildman–Crippen LogP) is 5.53. The van der Waals surface area contributed by atoms with Crippen molar-refractivity contribution in [2.24, 2.45) is 5.41 Å². The van der Waals surface area contributed by atoms with E-state index in [-0.39, 0.29) is 5.41 Å². The maximum atomic E-state index is 11.6. The third-order valence-corrected chi connectivity index (χ3v) is 8.23. The lowest BCUT2D eigenvalue weighted by Gasteiger charge is -2.26. The minimum absolute atomic E-state index is 0.314. The van der Waals surface area contributed by atoms with Crippen molar-refractivity contribution in [3.8, 4) is 23.0 Å². The fourth-order valence-corrected chi connectivity index (χ4v) is 6.13. The second-order valence-corrected chi connectivity index (χ2v) is 11.4. The molecule has 0 bridgehead atoms. The van der Waals surface area contributed by atoms with Crippen molar-refractivity contribution in [1.82, 2.24) is 9.88 Å². The third kappa shape index (κ3) is 6.00. The highest BCUT2D eigenvalue weighted by Crippen LogP contribution is 2.52. The molecule has 220 valence electrons. The summed E-state index contributed by atoms with van der Waals surface area (Å²) in [5, 5.41) is 4.44. The fraction of sp³-hybridized carbons (Fsp3) is 0.500. The number of benzene rings is 2. The average Bonchev–Trinajstić information content (AvgIpc) is 3.59. The van der Waals surface area contributed by atoms with Gasteiger partial charge in [-0.15, -0.1) is 0 Å². The number of pyridine rings is 1. The van der Waals surface area contributed by atoms with E-state index in [2.05, 4.69) is 24.1 Å². The molecule has 0 saturated carbocycles. The number of likely N-dealkylation sites (tertiary alicyclic amines) is 1. The number of carbonyl (C=O) groups excluding carboxylic acids is 1. The van der Waals surface area contributed by atoms with Gasteiger partial charge < -0.3 is 33.9 Å². The van der Waals surface area contributed by atoms with Gasteiger partial charge in [0, 0.05) is 52.7 Å². The van der Waals surface area contributed by atoms with Crippen LogP contribution in [-0.4, -0.2) is 63.9 Å². The largest absolute Gasteiger partial charge is 0.497 e. The van der Waals surface area contributed by atoms with E-state index >= 15 is 0 Å². The highest BCUT2D eigenvalue weighted by atomic mass is 16.5. The van der Waals surface area contributed by atoms with E-state index in [1.807, 2.05) is 30.3 Å². The second kappa shape index (κ2) is 12.4. The SMILES string of the molecule is COc1ccc(CNc2nc3cc(OCCCN4CCCC4)c(OC)cc3c3c2CC(C)(C)C3OC=O)c(OC)c1. The summed E-state index contributed by atoms with van der Waals surface area (Å²) in [5.41, 5.74) is 3.39. The summed E-state index contributed by atoms with van der Waals surface area (Å²) < 4.78 is 28.7. The van der Waals surface area contributed by atoms with Crippen LogP contribution in [-0.2, 0) is 22.5 Å². The molecule has 41 heavy (non-hydrogen) atoms. The van der Waals surface area contributed by atoms with Gasteiger partial charge in [-0.05, 0) is 57.0 Å². The minimum Gasteiger partial charge on any atom is -0.497 e. The lowest BCUT2D eigenvalue weighted by Crippen LogP contribution is -2.22. The number of rotatable bonds is 13. The summed E-state index contributed by atoms with van der Waals surface area (Å²) in [6, 6.07) is 9.66. The molecule has 2 aliphatic rings. The molecule has 0 amide bonds. The predicted molar refractivity (Wildman–Crippen MR) is 158 cm³/mol. The lowest BCUT2D eigenvalue weighted by molar-refractivity contribution is -0.138. The smallest absolute Gasteiger partial charge is 0.293 e. The van der Waals surface area contributed by atoms with Crippen molar-refractivity contribution in [2.75, 3.05) is 52.9 Å². The van der Waals surface area contributed by atoms with E-state index < -0.39 is 6.10 Å². The van der Waals surface area contributed by atoms with E-state index in [0.29, 0.717) is 37.5 Å². The molecule has 5 rings (SSSR count). The summed E-state index contributed by atoms with van der Waals surface area (Å²) in [6.45, 7) is 9.22. The zero-order valence-electron chi connectivity index (χ0n) is 24.7. The van der Waals surface area contributed by atoms with Crippen LogP contribution < -0.4 is 24.3 Å². The molecule has 1 atom stereocenters. The first-order valence-corrected chi connectivity index (χ1v) is 14.3. The number of nitrogens with one attached hydrogen (secondary N) is 1. The Morgan fingerprint density at radius 3 is 2.51 bits per heavy atom. The van der Waals surface area contributed by atoms with Crippen molar-refractivity contribution in [1.29, 1.82) is 0 Å². The number of carbonyl (C=O) groups is 1. The van der Waals surface area contributed by atoms with Crippen LogP contribution >= 0.6 is 0 Å². The van der Waals surface area contributed by atoms with E-state index in [9.17, 15) is 4.79 Å². The Morgan fingerprint density at radius 1 is 1.02 bits per heavy atom. The number of ether oxygens (including phenoxy) is 5. The van der Waals surface area contributed by atoms with Gasteiger partial charge in [0.15, 0.2) is 11.5 Å². The first-order chi connectivity index (χ1) is 19.9. The molecule has 9 heteroatoms. The number of methoxy groups -OCH3 is 3. The van der Waals surface area contributed by atoms with E-state index in [4.69, 9.17) is 28.7 Å². The molecule has 1 unspecified atom stereocenters. The Hall–Kier alpha value is -3.72. The van der Waals surface area contributed by atoms with Crippen molar-refractivity contribution < 1.29 is 28.5 Å². The summed E-state index contributed by atoms with van der Waals surface area (Å²) in [7, 11) is 4.93. The Bertz CT molecular complexity index is 1390. The highest BCUT2D eigenvalue weighted by Gasteiger charge is 2.44. The van der Waals surface area contributed by atoms with Crippen LogP contribution in [0.3, 0.4) is 0 Å². The van der Waals surface area contributed by atoms with Gasteiger partial charge in [0.2, 0.25) is 0 Å². The number of anilines is 1. The van der Waals surface area contributed by atoms with Crippen LogP contribution in [0.15, 0.2) is 30.3 Å². The minimum atomic E-state index is -0.423. The van der Waals surface area contributed by atoms with Crippen LogP contribution in [0.2, 0.25) is 0 Å². The van der Waals surface area contributed by atoms with Crippen LogP contribution in [0.25, 0.3) is 10.9 Å². The summed E-state index contributed by atoms with van der Waals surface area (Å²) >= 11 is 0. The Morgan fingerprint density at radius 2 is 1.80 bits per heavy atom. The highest BCUT2D eigenvalue weighted by molar-refractivity contribution is 5.90. The molecule has 1 aliphatic carbocycles. The normalized spacial score (nSPS) is 17.7. The first-order valence-electron chi connectivity index (χ1n) is 14.3. The average molecular weight is 564 g/mol. The lowest BCUT2D eigenvalue weighted by atomic mass is 9.87. The molecule has 1 aromatic heterocycles. The Labute approximate surface area is 242 Å². The molecule has 2 heterocycles. The van der Waals surface area contributed by atoms with E-state index in [0.717, 1.165) is 57.9 Å². The standard InChI is InChI=1S/C32H41N3O6/c1-32(2)18-24-29(30(32)41-20-36)23-16-27(39-5)28(40-14-8-13-35-11-6-7-12-35)17-25(23)34-31(24)33-19-21-9-10-22(37-3)15-26(21)38-4/h9-10,15-17,20,30H,6-8,11-14,18-19H2,1-5H3,(H,33,34). The van der Waals surface area contributed by atoms with Gasteiger partial charge >= 0.3 is 0 Å². The number of nitrogens with zero attached hydrogens (tertiary/aromatic N) is 2. The van der Waals surface area contributed by atoms with Crippen LogP contribution in [0.1, 0.15) is 55.9 Å². The molecule has 0 spiro atoms. The molecule has 1 saturated heterocycles. The molecule has 1 N–H and O–H groups in total. The Kier molecular flexibility index (Phi) is 8.73. The monoisotopic (exact) mass is 563 g/mol. The zero-order chi connectivity index (χ0) is 29.0. The quantitative estimate of drug-likeness (QED) is 0.213. The zero-order valence-corrected chi connectivity index (χ0v) is 24.7. The van der Waals surface area contributed by atoms with E-state index in [1.54, 1.807) is 21.3 Å². The van der Waals surface area contributed by atoms with Crippen molar-refractivity contribution in [3.63, 3.8) is 0 Å². The maximum Gasteiger partial charge on any atom is 0.293 e. The van der Waals surface area contributed by atoms with Gasteiger partial charge in [0.25, 0.3) is 6.47 Å². The van der Waals surface area contributed by atoms with Crippen molar-refractivity contribution in [3.05, 3.63) is 47.0 Å². The fourth-order valence-electron chi connectivity index (χ4n) is 6.13. The van der Waals surface area contributed by atoms with Gasteiger partial charge in [0.1, 0.15) is 23.4 Å². The molecule has 3 aromatic rings. The molecule has 1 aliphatic heterocycles. The van der Waals surface area contributed by atoms with E-state index in [1.165, 1.54) is 25.9 Å². The number of hydrogen-bond acceptors (Lipinski definition) is 9. The molecule has 0 radical (unpaired) electrons. The second-order valence-electron chi connectivity index (χ2n) is 11.4. The Balaban J connectivity index is 1.49. The molecular weight excluding hydrogens is 522 g/mol. The molecule has 2 aromatic carbocycles. The number of hydrogen-bond donors (Lipinski definition) is 1.